The maximum atomic E-state index is 11.5. The summed E-state index contributed by atoms with van der Waals surface area (Å²) in [4.78, 5) is 0.822. The quantitative estimate of drug-likeness (QED) is 0.778. The number of nitrogens with zero attached hydrogens (tertiary/aromatic N) is 3. The summed E-state index contributed by atoms with van der Waals surface area (Å²) >= 11 is 4.84. The van der Waals surface area contributed by atoms with Gasteiger partial charge in [-0.2, -0.15) is 0 Å². The minimum atomic E-state index is -3.91. The summed E-state index contributed by atoms with van der Waals surface area (Å²) in [6.07, 6.45) is 0. The lowest BCUT2D eigenvalue weighted by atomic mass is 10.3. The van der Waals surface area contributed by atoms with Crippen molar-refractivity contribution < 1.29 is 8.42 Å². The molecule has 0 aliphatic carbocycles. The smallest absolute Gasteiger partial charge is 0.294 e. The van der Waals surface area contributed by atoms with E-state index in [1.54, 1.807) is 0 Å². The van der Waals surface area contributed by atoms with Gasteiger partial charge in [0.05, 0.1) is 4.88 Å². The average Bonchev–Trinajstić information content (AvgIpc) is 2.80. The van der Waals surface area contributed by atoms with Crippen LogP contribution in [0.4, 0.5) is 0 Å². The molecule has 0 aliphatic rings. The van der Waals surface area contributed by atoms with Crippen LogP contribution in [0.15, 0.2) is 21.1 Å². The van der Waals surface area contributed by atoms with Crippen LogP contribution in [-0.4, -0.2) is 23.2 Å². The van der Waals surface area contributed by atoms with E-state index in [9.17, 15) is 8.42 Å². The third kappa shape index (κ3) is 2.47. The van der Waals surface area contributed by atoms with Crippen LogP contribution in [0.5, 0.6) is 0 Å². The summed E-state index contributed by atoms with van der Waals surface area (Å²) in [5, 5.41) is 9.28. The first-order valence-corrected chi connectivity index (χ1v) is 8.93. The Morgan fingerprint density at radius 3 is 2.56 bits per heavy atom. The van der Waals surface area contributed by atoms with Crippen LogP contribution in [-0.2, 0) is 9.05 Å². The predicted molar refractivity (Wildman–Crippen MR) is 74.5 cm³/mol. The average molecular weight is 371 g/mol. The topological polar surface area (TPSA) is 64.8 Å². The van der Waals surface area contributed by atoms with Gasteiger partial charge in [-0.25, -0.2) is 8.42 Å². The number of hydrogen-bond acceptors (Lipinski definition) is 5. The van der Waals surface area contributed by atoms with E-state index < -0.39 is 9.05 Å². The lowest BCUT2D eigenvalue weighted by Gasteiger charge is -2.11. The normalized spacial score (nSPS) is 12.3. The van der Waals surface area contributed by atoms with Crippen molar-refractivity contribution >= 4 is 47.0 Å². The highest BCUT2D eigenvalue weighted by molar-refractivity contribution is 9.10. The highest BCUT2D eigenvalue weighted by atomic mass is 79.9. The van der Waals surface area contributed by atoms with E-state index in [1.165, 1.54) is 15.9 Å². The molecule has 0 bridgehead atoms. The largest absolute Gasteiger partial charge is 0.296 e. The molecule has 0 N–H and O–H groups in total. The molecule has 0 unspecified atom stereocenters. The third-order valence-corrected chi connectivity index (χ3v) is 5.18. The van der Waals surface area contributed by atoms with Gasteiger partial charge in [0.25, 0.3) is 14.2 Å². The highest BCUT2D eigenvalue weighted by Crippen LogP contribution is 2.35. The van der Waals surface area contributed by atoms with Gasteiger partial charge in [0.15, 0.2) is 5.82 Å². The van der Waals surface area contributed by atoms with E-state index in [4.69, 9.17) is 10.7 Å². The predicted octanol–water partition coefficient (Wildman–Crippen LogP) is 3.28. The van der Waals surface area contributed by atoms with Crippen molar-refractivity contribution in [3.63, 3.8) is 0 Å². The van der Waals surface area contributed by atoms with Gasteiger partial charge in [-0.05, 0) is 41.2 Å². The number of thiophene rings is 1. The van der Waals surface area contributed by atoms with Gasteiger partial charge in [0.1, 0.15) is 0 Å². The lowest BCUT2D eigenvalue weighted by molar-refractivity contribution is 0.531. The van der Waals surface area contributed by atoms with Crippen molar-refractivity contribution in [1.82, 2.24) is 14.8 Å². The molecular formula is C9H9BrClN3O2S2. The first-order valence-electron chi connectivity index (χ1n) is 4.95. The molecule has 18 heavy (non-hydrogen) atoms. The number of rotatable bonds is 3. The Morgan fingerprint density at radius 1 is 1.44 bits per heavy atom. The molecule has 0 spiro atoms. The van der Waals surface area contributed by atoms with E-state index in [0.717, 1.165) is 9.35 Å². The second-order valence-corrected chi connectivity index (χ2v) is 8.04. The Balaban J connectivity index is 2.72. The van der Waals surface area contributed by atoms with Gasteiger partial charge in [-0.1, -0.05) is 0 Å². The molecule has 2 rings (SSSR count). The molecule has 9 heteroatoms. The Morgan fingerprint density at radius 2 is 2.11 bits per heavy atom. The monoisotopic (exact) mass is 369 g/mol. The van der Waals surface area contributed by atoms with Crippen molar-refractivity contribution in [1.29, 1.82) is 0 Å². The maximum absolute atomic E-state index is 11.5. The SMILES string of the molecule is CC(C)n1c(-c2sccc2Br)nnc1S(=O)(=O)Cl. The Labute approximate surface area is 121 Å². The first kappa shape index (κ1) is 14.0. The van der Waals surface area contributed by atoms with Crippen LogP contribution in [0.2, 0.25) is 0 Å². The zero-order valence-corrected chi connectivity index (χ0v) is 13.4. The third-order valence-electron chi connectivity index (χ3n) is 2.22. The van der Waals surface area contributed by atoms with Gasteiger partial charge in [0, 0.05) is 21.2 Å². The summed E-state index contributed by atoms with van der Waals surface area (Å²) < 4.78 is 25.3. The molecule has 0 saturated carbocycles. The number of hydrogen-bond donors (Lipinski definition) is 0. The van der Waals surface area contributed by atoms with Gasteiger partial charge < -0.3 is 0 Å². The van der Waals surface area contributed by atoms with E-state index in [1.807, 2.05) is 25.3 Å². The van der Waals surface area contributed by atoms with E-state index in [0.29, 0.717) is 5.82 Å². The summed E-state index contributed by atoms with van der Waals surface area (Å²) in [5.74, 6) is 0.492. The van der Waals surface area contributed by atoms with Gasteiger partial charge in [0.2, 0.25) is 0 Å². The standard InChI is InChI=1S/C9H9BrClN3O2S2/c1-5(2)14-8(7-6(10)3-4-17-7)12-13-9(14)18(11,15)16/h3-5H,1-2H3. The molecular weight excluding hydrogens is 362 g/mol. The highest BCUT2D eigenvalue weighted by Gasteiger charge is 2.26. The summed E-state index contributed by atoms with van der Waals surface area (Å²) in [7, 11) is 1.45. The lowest BCUT2D eigenvalue weighted by Crippen LogP contribution is -2.09. The Kier molecular flexibility index (Phi) is 3.82. The molecule has 2 aromatic heterocycles. The molecule has 0 aromatic carbocycles. The molecule has 0 aliphatic heterocycles. The Bertz CT molecular complexity index is 678. The fourth-order valence-corrected chi connectivity index (χ4v) is 4.03. The van der Waals surface area contributed by atoms with Gasteiger partial charge in [-0.3, -0.25) is 4.57 Å². The molecule has 0 radical (unpaired) electrons. The van der Waals surface area contributed by atoms with Crippen LogP contribution >= 0.6 is 37.9 Å². The first-order chi connectivity index (χ1) is 8.32. The molecule has 0 saturated heterocycles. The molecule has 0 amide bonds. The van der Waals surface area contributed by atoms with Crippen LogP contribution in [0, 0.1) is 0 Å². The second kappa shape index (κ2) is 4.92. The molecule has 0 fully saturated rings. The van der Waals surface area contributed by atoms with Gasteiger partial charge in [-0.15, -0.1) is 21.5 Å². The minimum absolute atomic E-state index is 0.118. The van der Waals surface area contributed by atoms with E-state index in [2.05, 4.69) is 26.1 Å². The summed E-state index contributed by atoms with van der Waals surface area (Å²) in [6.45, 7) is 3.69. The molecule has 2 heterocycles. The molecule has 5 nitrogen and oxygen atoms in total. The summed E-state index contributed by atoms with van der Waals surface area (Å²) in [6, 6.07) is 1.75. The molecule has 0 atom stereocenters. The van der Waals surface area contributed by atoms with Crippen molar-refractivity contribution in [3.8, 4) is 10.7 Å². The summed E-state index contributed by atoms with van der Waals surface area (Å²) in [5.41, 5.74) is 0. The maximum Gasteiger partial charge on any atom is 0.296 e. The second-order valence-electron chi connectivity index (χ2n) is 3.81. The van der Waals surface area contributed by atoms with E-state index in [-0.39, 0.29) is 11.2 Å². The van der Waals surface area contributed by atoms with Crippen LogP contribution in [0.1, 0.15) is 19.9 Å². The zero-order valence-electron chi connectivity index (χ0n) is 9.46. The minimum Gasteiger partial charge on any atom is -0.294 e. The molecule has 98 valence electrons. The Hall–Kier alpha value is -0.440. The van der Waals surface area contributed by atoms with Gasteiger partial charge >= 0.3 is 0 Å². The number of aromatic nitrogens is 3. The van der Waals surface area contributed by atoms with Crippen molar-refractivity contribution in [2.45, 2.75) is 25.0 Å². The van der Waals surface area contributed by atoms with E-state index >= 15 is 0 Å². The number of halogens is 2. The van der Waals surface area contributed by atoms with Crippen LogP contribution < -0.4 is 0 Å². The van der Waals surface area contributed by atoms with Crippen LogP contribution in [0.25, 0.3) is 10.7 Å². The van der Waals surface area contributed by atoms with Crippen molar-refractivity contribution in [3.05, 3.63) is 15.9 Å². The van der Waals surface area contributed by atoms with Crippen molar-refractivity contribution in [2.24, 2.45) is 0 Å². The zero-order chi connectivity index (χ0) is 13.5. The molecule has 2 aromatic rings. The fourth-order valence-electron chi connectivity index (χ4n) is 1.52. The van der Waals surface area contributed by atoms with Crippen LogP contribution in [0.3, 0.4) is 0 Å². The fraction of sp³-hybridized carbons (Fsp3) is 0.333. The van der Waals surface area contributed by atoms with Crippen molar-refractivity contribution in [2.75, 3.05) is 0 Å².